The fraction of sp³-hybridized carbons (Fsp3) is 0.222. The van der Waals surface area contributed by atoms with Crippen molar-refractivity contribution in [2.45, 2.75) is 12.2 Å². The molecule has 0 aliphatic rings. The van der Waals surface area contributed by atoms with Crippen LogP contribution in [0.3, 0.4) is 0 Å². The largest absolute Gasteiger partial charge is 0.507 e. The van der Waals surface area contributed by atoms with Gasteiger partial charge in [0.2, 0.25) is 0 Å². The monoisotopic (exact) mass is 349 g/mol. The van der Waals surface area contributed by atoms with E-state index in [1.54, 1.807) is 0 Å². The maximum Gasteiger partial charge on any atom is 0.407 e. The number of hydrogen-bond donors (Lipinski definition) is 3. The van der Waals surface area contributed by atoms with Gasteiger partial charge in [-0.3, -0.25) is 0 Å². The number of hydrogen-bond acceptors (Lipinski definition) is 3. The lowest BCUT2D eigenvalue weighted by atomic mass is 10.0. The smallest absolute Gasteiger partial charge is 0.407 e. The van der Waals surface area contributed by atoms with E-state index in [0.29, 0.717) is 0 Å². The summed E-state index contributed by atoms with van der Waals surface area (Å²) in [7, 11) is 0. The predicted octanol–water partition coefficient (Wildman–Crippen LogP) is 2.84. The minimum Gasteiger partial charge on any atom is -0.507 e. The lowest BCUT2D eigenvalue weighted by Crippen LogP contribution is -2.28. The number of carbonyl (C=O) groups is 1. The van der Waals surface area contributed by atoms with Crippen LogP contribution in [0.25, 0.3) is 0 Å². The number of rotatable bonds is 2. The molecule has 0 heterocycles. The zero-order valence-corrected chi connectivity index (χ0v) is 10.9. The van der Waals surface area contributed by atoms with Crippen molar-refractivity contribution < 1.29 is 28.2 Å². The normalized spacial score (nSPS) is 12.7. The van der Waals surface area contributed by atoms with Crippen LogP contribution in [0.15, 0.2) is 16.6 Å². The Morgan fingerprint density at radius 1 is 1.39 bits per heavy atom. The average Bonchev–Trinajstić information content (AvgIpc) is 2.18. The fourth-order valence-electron chi connectivity index (χ4n) is 1.20. The van der Waals surface area contributed by atoms with Gasteiger partial charge in [-0.25, -0.2) is 4.79 Å². The first kappa shape index (κ1) is 17.0. The Hall–Kier alpha value is -0.990. The van der Waals surface area contributed by atoms with E-state index >= 15 is 0 Å². The summed E-state index contributed by atoms with van der Waals surface area (Å²) in [6, 6.07) is -0.525. The summed E-state index contributed by atoms with van der Waals surface area (Å²) < 4.78 is 37.2. The Labute approximate surface area is 114 Å². The van der Waals surface area contributed by atoms with Crippen molar-refractivity contribution in [3.05, 3.63) is 27.7 Å². The second-order valence-corrected chi connectivity index (χ2v) is 4.13. The second kappa shape index (κ2) is 5.77. The third-order valence-corrected chi connectivity index (χ3v) is 2.48. The van der Waals surface area contributed by atoms with Gasteiger partial charge in [-0.15, -0.1) is 12.4 Å². The van der Waals surface area contributed by atoms with Crippen molar-refractivity contribution in [3.63, 3.8) is 0 Å². The molecule has 4 nitrogen and oxygen atoms in total. The summed E-state index contributed by atoms with van der Waals surface area (Å²) >= 11 is 2.85. The van der Waals surface area contributed by atoms with Crippen LogP contribution in [0.5, 0.6) is 5.75 Å². The van der Waals surface area contributed by atoms with Crippen molar-refractivity contribution in [2.75, 3.05) is 0 Å². The van der Waals surface area contributed by atoms with Crippen LogP contribution in [0.2, 0.25) is 0 Å². The van der Waals surface area contributed by atoms with Gasteiger partial charge >= 0.3 is 12.1 Å². The summed E-state index contributed by atoms with van der Waals surface area (Å²) in [5.74, 6) is -2.52. The molecule has 4 N–H and O–H groups in total. The predicted molar refractivity (Wildman–Crippen MR) is 63.0 cm³/mol. The van der Waals surface area contributed by atoms with Crippen molar-refractivity contribution >= 4 is 34.3 Å². The number of phenols is 1. The summed E-state index contributed by atoms with van der Waals surface area (Å²) in [5.41, 5.74) is 3.58. The van der Waals surface area contributed by atoms with E-state index in [0.717, 1.165) is 12.1 Å². The van der Waals surface area contributed by atoms with Gasteiger partial charge in [0.05, 0.1) is 0 Å². The summed E-state index contributed by atoms with van der Waals surface area (Å²) in [6.07, 6.45) is -4.77. The molecule has 1 aromatic rings. The fourth-order valence-corrected chi connectivity index (χ4v) is 1.67. The lowest BCUT2D eigenvalue weighted by Gasteiger charge is -2.18. The Morgan fingerprint density at radius 3 is 2.28 bits per heavy atom. The van der Waals surface area contributed by atoms with Gasteiger partial charge < -0.3 is 15.9 Å². The molecule has 0 aliphatic heterocycles. The molecule has 1 rings (SSSR count). The highest BCUT2D eigenvalue weighted by Gasteiger charge is 2.40. The molecule has 0 unspecified atom stereocenters. The third-order valence-electron chi connectivity index (χ3n) is 2.02. The first-order chi connectivity index (χ1) is 7.64. The number of nitrogens with two attached hydrogens (primary N) is 1. The highest BCUT2D eigenvalue weighted by molar-refractivity contribution is 9.10. The van der Waals surface area contributed by atoms with Gasteiger partial charge in [0.25, 0.3) is 0 Å². The van der Waals surface area contributed by atoms with Crippen LogP contribution in [-0.4, -0.2) is 22.4 Å². The maximum absolute atomic E-state index is 12.4. The third kappa shape index (κ3) is 3.50. The SMILES string of the molecule is Cl.N[C@@H](c1cc(Br)cc(C(=O)O)c1O)C(F)(F)F. The van der Waals surface area contributed by atoms with E-state index in [1.165, 1.54) is 0 Å². The van der Waals surface area contributed by atoms with E-state index in [4.69, 9.17) is 10.8 Å². The first-order valence-corrected chi connectivity index (χ1v) is 5.02. The second-order valence-electron chi connectivity index (χ2n) is 3.22. The molecule has 0 fully saturated rings. The van der Waals surface area contributed by atoms with E-state index < -0.39 is 35.1 Å². The molecule has 0 spiro atoms. The van der Waals surface area contributed by atoms with Crippen molar-refractivity contribution in [1.82, 2.24) is 0 Å². The van der Waals surface area contributed by atoms with Crippen LogP contribution < -0.4 is 5.73 Å². The molecule has 0 saturated heterocycles. The zero-order chi connectivity index (χ0) is 13.4. The molecule has 18 heavy (non-hydrogen) atoms. The van der Waals surface area contributed by atoms with Gasteiger partial charge in [-0.2, -0.15) is 13.2 Å². The van der Waals surface area contributed by atoms with E-state index in [-0.39, 0.29) is 16.9 Å². The molecule has 1 aromatic carbocycles. The number of aromatic carboxylic acids is 1. The lowest BCUT2D eigenvalue weighted by molar-refractivity contribution is -0.149. The van der Waals surface area contributed by atoms with Crippen LogP contribution in [0, 0.1) is 0 Å². The van der Waals surface area contributed by atoms with Crippen molar-refractivity contribution in [3.8, 4) is 5.75 Å². The molecule has 1 atom stereocenters. The highest BCUT2D eigenvalue weighted by Crippen LogP contribution is 2.38. The Morgan fingerprint density at radius 2 is 1.89 bits per heavy atom. The summed E-state index contributed by atoms with van der Waals surface area (Å²) in [4.78, 5) is 10.7. The number of benzene rings is 1. The van der Waals surface area contributed by atoms with Gasteiger partial charge in [0, 0.05) is 10.0 Å². The molecule has 9 heteroatoms. The Balaban J connectivity index is 0.00000289. The molecule has 0 radical (unpaired) electrons. The van der Waals surface area contributed by atoms with Crippen LogP contribution in [0.4, 0.5) is 13.2 Å². The molecule has 0 saturated carbocycles. The van der Waals surface area contributed by atoms with Gasteiger partial charge in [-0.05, 0) is 12.1 Å². The quantitative estimate of drug-likeness (QED) is 0.766. The highest BCUT2D eigenvalue weighted by atomic mass is 79.9. The van der Waals surface area contributed by atoms with E-state index in [2.05, 4.69) is 15.9 Å². The minimum absolute atomic E-state index is 0. The zero-order valence-electron chi connectivity index (χ0n) is 8.53. The molecule has 102 valence electrons. The number of halogens is 5. The van der Waals surface area contributed by atoms with Crippen LogP contribution in [-0.2, 0) is 0 Å². The number of carboxylic acid groups (broad SMARTS) is 1. The van der Waals surface area contributed by atoms with Gasteiger partial charge in [-0.1, -0.05) is 15.9 Å². The summed E-state index contributed by atoms with van der Waals surface area (Å²) in [6.45, 7) is 0. The molecule has 0 aliphatic carbocycles. The van der Waals surface area contributed by atoms with Crippen LogP contribution >= 0.6 is 28.3 Å². The van der Waals surface area contributed by atoms with E-state index in [1.807, 2.05) is 0 Å². The standard InChI is InChI=1S/C9H7BrF3NO3.ClH/c10-3-1-4(7(14)9(11,12)13)6(15)5(2-3)8(16)17;/h1-2,7,15H,14H2,(H,16,17);1H/t7-;/m0./s1. The molecular formula is C9H8BrClF3NO3. The topological polar surface area (TPSA) is 83.6 Å². The number of alkyl halides is 3. The Bertz CT molecular complexity index is 467. The molecular weight excluding hydrogens is 342 g/mol. The van der Waals surface area contributed by atoms with Gasteiger partial charge in [0.1, 0.15) is 17.4 Å². The molecule has 0 bridgehead atoms. The summed E-state index contributed by atoms with van der Waals surface area (Å²) in [5, 5.41) is 18.1. The first-order valence-electron chi connectivity index (χ1n) is 4.22. The van der Waals surface area contributed by atoms with Gasteiger partial charge in [0.15, 0.2) is 0 Å². The molecule has 0 aromatic heterocycles. The van der Waals surface area contributed by atoms with Crippen LogP contribution in [0.1, 0.15) is 22.0 Å². The van der Waals surface area contributed by atoms with E-state index in [9.17, 15) is 23.1 Å². The number of aromatic hydroxyl groups is 1. The molecule has 0 amide bonds. The van der Waals surface area contributed by atoms with Crippen molar-refractivity contribution in [2.24, 2.45) is 5.73 Å². The van der Waals surface area contributed by atoms with Crippen molar-refractivity contribution in [1.29, 1.82) is 0 Å². The minimum atomic E-state index is -4.77. The average molecular weight is 351 g/mol. The number of carboxylic acids is 1. The Kier molecular flexibility index (Phi) is 5.45. The maximum atomic E-state index is 12.4.